The van der Waals surface area contributed by atoms with Crippen molar-refractivity contribution < 1.29 is 13.2 Å². The van der Waals surface area contributed by atoms with Crippen molar-refractivity contribution in [2.45, 2.75) is 12.7 Å². The molecule has 7 heteroatoms. The first-order chi connectivity index (χ1) is 32.2. The Kier molecular flexibility index (Phi) is 11.3. The Bertz CT molecular complexity index is 3380. The largest absolute Gasteiger partial charge is 0.416 e. The van der Waals surface area contributed by atoms with Gasteiger partial charge in [0.15, 0.2) is 0 Å². The molecule has 0 aromatic heterocycles. The zero-order valence-corrected chi connectivity index (χ0v) is 35.7. The van der Waals surface area contributed by atoms with E-state index in [0.717, 1.165) is 95.2 Å². The molecule has 320 valence electrons. The van der Waals surface area contributed by atoms with Crippen LogP contribution in [0.1, 0.15) is 22.3 Å². The molecule has 0 radical (unpaired) electrons. The summed E-state index contributed by atoms with van der Waals surface area (Å²) in [5, 5.41) is 23.7. The summed E-state index contributed by atoms with van der Waals surface area (Å²) in [5.74, 6) is 0. The van der Waals surface area contributed by atoms with Gasteiger partial charge in [-0.2, -0.15) is 13.2 Å². The second-order valence-corrected chi connectivity index (χ2v) is 16.3. The predicted octanol–water partition coefficient (Wildman–Crippen LogP) is 16.5. The van der Waals surface area contributed by atoms with Crippen LogP contribution in [0.2, 0.25) is 0 Å². The lowest BCUT2D eigenvalue weighted by Crippen LogP contribution is -2.09. The Morgan fingerprint density at radius 2 is 1.09 bits per heavy atom. The van der Waals surface area contributed by atoms with Gasteiger partial charge in [0, 0.05) is 56.9 Å². The normalized spacial score (nSPS) is 11.4. The third-order valence-corrected chi connectivity index (χ3v) is 11.9. The van der Waals surface area contributed by atoms with Gasteiger partial charge >= 0.3 is 6.18 Å². The predicted molar refractivity (Wildman–Crippen MR) is 268 cm³/mol. The van der Waals surface area contributed by atoms with Gasteiger partial charge in [-0.25, -0.2) is 0 Å². The Balaban J connectivity index is 0.944. The van der Waals surface area contributed by atoms with Crippen LogP contribution in [0.15, 0.2) is 224 Å². The molecular weight excluding hydrogens is 822 g/mol. The van der Waals surface area contributed by atoms with Gasteiger partial charge in [0.2, 0.25) is 0 Å². The standard InChI is InChI=1S/C59H43F3N4/c60-59(61,62)48-30-27-40-26-25-39(33-47(40)35-48)38-64-58-52-23-8-7-15-42(52)28-31-53(58)57(63)46-18-12-21-50(36-46)66-56-32-29-44(37-54(56)41-13-3-1-4-14-41)43-16-11-17-45(34-43)51-22-9-10-24-55(51)65-49-19-5-2-6-20-49/h1-37,63-66H,38H2. The molecule has 0 unspecified atom stereocenters. The minimum absolute atomic E-state index is 0.333. The molecule has 66 heavy (non-hydrogen) atoms. The minimum atomic E-state index is -4.43. The molecule has 0 amide bonds. The highest BCUT2D eigenvalue weighted by molar-refractivity contribution is 6.18. The van der Waals surface area contributed by atoms with Gasteiger partial charge in [0.1, 0.15) is 0 Å². The van der Waals surface area contributed by atoms with Crippen LogP contribution in [0.25, 0.3) is 54.9 Å². The van der Waals surface area contributed by atoms with Crippen molar-refractivity contribution >= 4 is 55.7 Å². The van der Waals surface area contributed by atoms with Crippen LogP contribution in [-0.2, 0) is 12.7 Å². The smallest absolute Gasteiger partial charge is 0.380 e. The number of anilines is 5. The summed E-state index contributed by atoms with van der Waals surface area (Å²) in [5.41, 5.74) is 13.0. The number of fused-ring (bicyclic) bond motifs is 2. The van der Waals surface area contributed by atoms with Gasteiger partial charge in [-0.05, 0) is 111 Å². The van der Waals surface area contributed by atoms with Crippen molar-refractivity contribution in [1.29, 1.82) is 5.41 Å². The number of halogens is 3. The maximum Gasteiger partial charge on any atom is 0.416 e. The Labute approximate surface area is 381 Å². The van der Waals surface area contributed by atoms with Crippen LogP contribution < -0.4 is 16.0 Å². The van der Waals surface area contributed by atoms with Gasteiger partial charge in [-0.15, -0.1) is 0 Å². The highest BCUT2D eigenvalue weighted by Gasteiger charge is 2.30. The lowest BCUT2D eigenvalue weighted by molar-refractivity contribution is -0.137. The van der Waals surface area contributed by atoms with Crippen molar-refractivity contribution in [3.8, 4) is 33.4 Å². The van der Waals surface area contributed by atoms with Gasteiger partial charge in [0.05, 0.1) is 17.0 Å². The first-order valence-electron chi connectivity index (χ1n) is 21.8. The summed E-state index contributed by atoms with van der Waals surface area (Å²) in [6.07, 6.45) is -4.43. The first kappa shape index (κ1) is 41.6. The summed E-state index contributed by atoms with van der Waals surface area (Å²) in [4.78, 5) is 0. The van der Waals surface area contributed by atoms with E-state index in [9.17, 15) is 18.6 Å². The average molecular weight is 865 g/mol. The number of benzene rings is 10. The van der Waals surface area contributed by atoms with E-state index in [-0.39, 0.29) is 0 Å². The summed E-state index contributed by atoms with van der Waals surface area (Å²) in [6, 6.07) is 73.3. The van der Waals surface area contributed by atoms with Crippen molar-refractivity contribution in [2.24, 2.45) is 0 Å². The number of nitrogens with one attached hydrogen (secondary N) is 4. The number of hydrogen-bond donors (Lipinski definition) is 4. The monoisotopic (exact) mass is 864 g/mol. The lowest BCUT2D eigenvalue weighted by Gasteiger charge is -2.18. The molecule has 4 N–H and O–H groups in total. The Morgan fingerprint density at radius 3 is 1.94 bits per heavy atom. The number of alkyl halides is 3. The van der Waals surface area contributed by atoms with Crippen molar-refractivity contribution in [2.75, 3.05) is 16.0 Å². The van der Waals surface area contributed by atoms with E-state index in [4.69, 9.17) is 0 Å². The quantitative estimate of drug-likeness (QED) is 0.0926. The molecule has 0 aliphatic rings. The highest BCUT2D eigenvalue weighted by atomic mass is 19.4. The van der Waals surface area contributed by atoms with Gasteiger partial charge in [0.25, 0.3) is 0 Å². The molecule has 4 nitrogen and oxygen atoms in total. The van der Waals surface area contributed by atoms with E-state index in [2.05, 4.69) is 101 Å². The maximum absolute atomic E-state index is 13.6. The average Bonchev–Trinajstić information content (AvgIpc) is 3.36. The number of para-hydroxylation sites is 2. The molecular formula is C59H43F3N4. The summed E-state index contributed by atoms with van der Waals surface area (Å²) in [6.45, 7) is 0.351. The summed E-state index contributed by atoms with van der Waals surface area (Å²) >= 11 is 0. The molecule has 10 aromatic rings. The lowest BCUT2D eigenvalue weighted by atomic mass is 9.94. The molecule has 0 saturated carbocycles. The van der Waals surface area contributed by atoms with Crippen LogP contribution in [0.5, 0.6) is 0 Å². The van der Waals surface area contributed by atoms with Crippen LogP contribution in [0.4, 0.5) is 41.6 Å². The van der Waals surface area contributed by atoms with Crippen molar-refractivity contribution in [1.82, 2.24) is 0 Å². The van der Waals surface area contributed by atoms with E-state index in [0.29, 0.717) is 23.2 Å². The molecule has 0 saturated heterocycles. The first-order valence-corrected chi connectivity index (χ1v) is 21.8. The molecule has 0 aliphatic carbocycles. The van der Waals surface area contributed by atoms with Crippen LogP contribution in [0, 0.1) is 5.41 Å². The summed E-state index contributed by atoms with van der Waals surface area (Å²) in [7, 11) is 0. The van der Waals surface area contributed by atoms with E-state index in [1.54, 1.807) is 6.07 Å². The molecule has 0 heterocycles. The van der Waals surface area contributed by atoms with E-state index >= 15 is 0 Å². The van der Waals surface area contributed by atoms with Gasteiger partial charge in [-0.1, -0.05) is 158 Å². The molecule has 0 aliphatic heterocycles. The molecule has 0 fully saturated rings. The molecule has 0 atom stereocenters. The fourth-order valence-electron chi connectivity index (χ4n) is 8.58. The Morgan fingerprint density at radius 1 is 0.439 bits per heavy atom. The van der Waals surface area contributed by atoms with Gasteiger partial charge < -0.3 is 16.0 Å². The van der Waals surface area contributed by atoms with Gasteiger partial charge in [-0.3, -0.25) is 5.41 Å². The van der Waals surface area contributed by atoms with Crippen molar-refractivity contribution in [3.63, 3.8) is 0 Å². The maximum atomic E-state index is 13.6. The number of hydrogen-bond acceptors (Lipinski definition) is 4. The van der Waals surface area contributed by atoms with E-state index in [1.165, 1.54) is 12.1 Å². The van der Waals surface area contributed by atoms with Crippen LogP contribution in [0.3, 0.4) is 0 Å². The van der Waals surface area contributed by atoms with Crippen LogP contribution >= 0.6 is 0 Å². The number of rotatable bonds is 12. The third-order valence-electron chi connectivity index (χ3n) is 11.9. The molecule has 10 rings (SSSR count). The fourth-order valence-corrected chi connectivity index (χ4v) is 8.58. The zero-order valence-electron chi connectivity index (χ0n) is 35.7. The molecule has 0 spiro atoms. The third kappa shape index (κ3) is 8.88. The fraction of sp³-hybridized carbons (Fsp3) is 0.0339. The van der Waals surface area contributed by atoms with E-state index < -0.39 is 11.7 Å². The molecule has 10 aromatic carbocycles. The van der Waals surface area contributed by atoms with Crippen molar-refractivity contribution in [3.05, 3.63) is 247 Å². The zero-order chi connectivity index (χ0) is 45.0. The SMILES string of the molecule is N=C(c1cccc(Nc2ccc(-c3cccc(-c4ccccc4Nc4ccccc4)c3)cc2-c2ccccc2)c1)c1ccc2ccccc2c1NCc1ccc2ccc(C(F)(F)F)cc2c1. The second kappa shape index (κ2) is 18.0. The summed E-state index contributed by atoms with van der Waals surface area (Å²) < 4.78 is 40.7. The topological polar surface area (TPSA) is 59.9 Å². The minimum Gasteiger partial charge on any atom is -0.380 e. The second-order valence-electron chi connectivity index (χ2n) is 16.3. The van der Waals surface area contributed by atoms with Crippen LogP contribution in [-0.4, -0.2) is 5.71 Å². The highest BCUT2D eigenvalue weighted by Crippen LogP contribution is 2.39. The molecule has 0 bridgehead atoms. The van der Waals surface area contributed by atoms with E-state index in [1.807, 2.05) is 115 Å². The Hall–Kier alpha value is -8.42.